The largest absolute Gasteiger partial charge is 0.379 e. The monoisotopic (exact) mass is 470 g/mol. The first kappa shape index (κ1) is 25.0. The number of aryl methyl sites for hydroxylation is 1. The summed E-state index contributed by atoms with van der Waals surface area (Å²) in [5.41, 5.74) is 1.17. The van der Waals surface area contributed by atoms with E-state index in [1.165, 1.54) is 5.56 Å². The van der Waals surface area contributed by atoms with Crippen LogP contribution in [0.15, 0.2) is 18.3 Å². The SMILES string of the molecule is CC#CC(=O)N(C)C[C@@H](CCC)Nc1cc(CN2CCOCC2)cc(Nc2ncc(C)s2)n1. The Balaban J connectivity index is 1.80. The molecule has 1 atom stereocenters. The number of morpholine rings is 1. The molecule has 8 nitrogen and oxygen atoms in total. The zero-order valence-electron chi connectivity index (χ0n) is 20.0. The van der Waals surface area contributed by atoms with Crippen molar-refractivity contribution in [1.29, 1.82) is 0 Å². The minimum atomic E-state index is -0.170. The third kappa shape index (κ3) is 8.00. The predicted octanol–water partition coefficient (Wildman–Crippen LogP) is 3.48. The molecule has 9 heteroatoms. The molecule has 0 unspecified atom stereocenters. The van der Waals surface area contributed by atoms with E-state index in [4.69, 9.17) is 9.72 Å². The van der Waals surface area contributed by atoms with Crippen LogP contribution in [0.2, 0.25) is 0 Å². The molecule has 0 aromatic carbocycles. The summed E-state index contributed by atoms with van der Waals surface area (Å²) in [5, 5.41) is 7.74. The van der Waals surface area contributed by atoms with Crippen LogP contribution in [-0.4, -0.2) is 71.6 Å². The van der Waals surface area contributed by atoms with Gasteiger partial charge in [0.25, 0.3) is 5.91 Å². The Bertz CT molecular complexity index is 977. The number of hydrogen-bond donors (Lipinski definition) is 2. The van der Waals surface area contributed by atoms with Gasteiger partial charge >= 0.3 is 0 Å². The molecule has 1 amide bonds. The lowest BCUT2D eigenvalue weighted by molar-refractivity contribution is -0.124. The molecule has 1 fully saturated rings. The molecule has 33 heavy (non-hydrogen) atoms. The summed E-state index contributed by atoms with van der Waals surface area (Å²) in [4.78, 5) is 26.6. The normalized spacial score (nSPS) is 14.8. The van der Waals surface area contributed by atoms with Gasteiger partial charge in [-0.05, 0) is 43.9 Å². The summed E-state index contributed by atoms with van der Waals surface area (Å²) in [6.07, 6.45) is 3.77. The first-order valence-electron chi connectivity index (χ1n) is 11.4. The van der Waals surface area contributed by atoms with E-state index in [1.807, 2.05) is 13.1 Å². The lowest BCUT2D eigenvalue weighted by Crippen LogP contribution is -2.38. The molecule has 0 radical (unpaired) electrons. The number of anilines is 3. The number of aromatic nitrogens is 2. The molecule has 1 aliphatic heterocycles. The fraction of sp³-hybridized carbons (Fsp3) is 0.542. The first-order valence-corrected chi connectivity index (χ1v) is 12.2. The van der Waals surface area contributed by atoms with Gasteiger partial charge in [0, 0.05) is 50.3 Å². The molecule has 1 aliphatic rings. The van der Waals surface area contributed by atoms with Crippen molar-refractivity contribution in [2.75, 3.05) is 50.5 Å². The standard InChI is InChI=1S/C24H34N6O2S/c1-5-7-20(17-29(4)23(31)8-6-2)26-21-13-19(16-30-9-11-32-12-10-30)14-22(27-21)28-24-25-15-18(3)33-24/h13-15,20H,5,7,9-12,16-17H2,1-4H3,(H2,25,26,27,28)/t20-/m1/s1. The Hall–Kier alpha value is -2.67. The molecule has 1 saturated heterocycles. The minimum Gasteiger partial charge on any atom is -0.379 e. The fourth-order valence-electron chi connectivity index (χ4n) is 3.74. The van der Waals surface area contributed by atoms with Crippen molar-refractivity contribution in [3.63, 3.8) is 0 Å². The third-order valence-corrected chi connectivity index (χ3v) is 6.14. The van der Waals surface area contributed by atoms with E-state index in [-0.39, 0.29) is 11.9 Å². The Morgan fingerprint density at radius 2 is 2.09 bits per heavy atom. The molecule has 2 N–H and O–H groups in total. The van der Waals surface area contributed by atoms with Crippen LogP contribution in [0.25, 0.3) is 0 Å². The summed E-state index contributed by atoms with van der Waals surface area (Å²) in [6, 6.07) is 4.26. The number of likely N-dealkylation sites (N-methyl/N-ethyl adjacent to an activating group) is 1. The van der Waals surface area contributed by atoms with E-state index >= 15 is 0 Å². The predicted molar refractivity (Wildman–Crippen MR) is 134 cm³/mol. The molecule has 0 aliphatic carbocycles. The lowest BCUT2D eigenvalue weighted by Gasteiger charge is -2.27. The Kier molecular flexibility index (Phi) is 9.48. The summed E-state index contributed by atoms with van der Waals surface area (Å²) in [6.45, 7) is 10.6. The van der Waals surface area contributed by atoms with Gasteiger partial charge in [0.2, 0.25) is 0 Å². The van der Waals surface area contributed by atoms with Crippen molar-refractivity contribution in [3.05, 3.63) is 28.8 Å². The second-order valence-corrected chi connectivity index (χ2v) is 9.46. The molecule has 0 saturated carbocycles. The van der Waals surface area contributed by atoms with Crippen molar-refractivity contribution in [1.82, 2.24) is 19.8 Å². The maximum atomic E-state index is 12.1. The van der Waals surface area contributed by atoms with Gasteiger partial charge in [-0.1, -0.05) is 19.3 Å². The van der Waals surface area contributed by atoms with Crippen LogP contribution in [0.1, 0.15) is 37.1 Å². The molecule has 178 valence electrons. The van der Waals surface area contributed by atoms with E-state index in [9.17, 15) is 4.79 Å². The number of carbonyl (C=O) groups is 1. The summed E-state index contributed by atoms with van der Waals surface area (Å²) in [7, 11) is 1.79. The van der Waals surface area contributed by atoms with E-state index in [0.29, 0.717) is 6.54 Å². The number of pyridine rings is 1. The second-order valence-electron chi connectivity index (χ2n) is 8.23. The molecule has 2 aromatic rings. The lowest BCUT2D eigenvalue weighted by atomic mass is 10.1. The molecule has 0 bridgehead atoms. The average molecular weight is 471 g/mol. The van der Waals surface area contributed by atoms with Gasteiger partial charge in [-0.2, -0.15) is 0 Å². The number of rotatable bonds is 10. The van der Waals surface area contributed by atoms with Gasteiger partial charge in [0.15, 0.2) is 5.13 Å². The van der Waals surface area contributed by atoms with Gasteiger partial charge in [-0.15, -0.1) is 11.3 Å². The maximum Gasteiger partial charge on any atom is 0.298 e. The van der Waals surface area contributed by atoms with Crippen molar-refractivity contribution < 1.29 is 9.53 Å². The molecule has 0 spiro atoms. The molecular weight excluding hydrogens is 436 g/mol. The van der Waals surface area contributed by atoms with Crippen LogP contribution in [0, 0.1) is 18.8 Å². The van der Waals surface area contributed by atoms with Gasteiger partial charge in [-0.3, -0.25) is 9.69 Å². The highest BCUT2D eigenvalue weighted by molar-refractivity contribution is 7.15. The van der Waals surface area contributed by atoms with Crippen molar-refractivity contribution in [2.24, 2.45) is 0 Å². The number of amides is 1. The highest BCUT2D eigenvalue weighted by atomic mass is 32.1. The van der Waals surface area contributed by atoms with Gasteiger partial charge in [0.05, 0.1) is 13.2 Å². The number of hydrogen-bond acceptors (Lipinski definition) is 8. The van der Waals surface area contributed by atoms with Crippen LogP contribution in [0.5, 0.6) is 0 Å². The zero-order valence-corrected chi connectivity index (χ0v) is 20.8. The molecule has 2 aromatic heterocycles. The van der Waals surface area contributed by atoms with Crippen LogP contribution in [0.4, 0.5) is 16.8 Å². The van der Waals surface area contributed by atoms with E-state index in [2.05, 4.69) is 51.4 Å². The quantitative estimate of drug-likeness (QED) is 0.515. The van der Waals surface area contributed by atoms with Crippen molar-refractivity contribution in [3.8, 4) is 11.8 Å². The van der Waals surface area contributed by atoms with Crippen LogP contribution < -0.4 is 10.6 Å². The highest BCUT2D eigenvalue weighted by Crippen LogP contribution is 2.24. The molecular formula is C24H34N6O2S. The van der Waals surface area contributed by atoms with Crippen molar-refractivity contribution in [2.45, 2.75) is 46.2 Å². The Morgan fingerprint density at radius 1 is 1.33 bits per heavy atom. The van der Waals surface area contributed by atoms with E-state index in [0.717, 1.165) is 67.3 Å². The number of thiazole rings is 1. The third-order valence-electron chi connectivity index (χ3n) is 5.31. The average Bonchev–Trinajstić information content (AvgIpc) is 3.19. The van der Waals surface area contributed by atoms with Gasteiger partial charge < -0.3 is 20.3 Å². The van der Waals surface area contributed by atoms with Gasteiger partial charge in [-0.25, -0.2) is 9.97 Å². The Labute approximate surface area is 200 Å². The van der Waals surface area contributed by atoms with Crippen LogP contribution >= 0.6 is 11.3 Å². The topological polar surface area (TPSA) is 82.6 Å². The van der Waals surface area contributed by atoms with E-state index < -0.39 is 0 Å². The van der Waals surface area contributed by atoms with Gasteiger partial charge in [0.1, 0.15) is 11.6 Å². The minimum absolute atomic E-state index is 0.0729. The summed E-state index contributed by atoms with van der Waals surface area (Å²) >= 11 is 1.60. The van der Waals surface area contributed by atoms with Crippen LogP contribution in [-0.2, 0) is 16.1 Å². The molecule has 3 rings (SSSR count). The summed E-state index contributed by atoms with van der Waals surface area (Å²) in [5.74, 6) is 6.67. The first-order chi connectivity index (χ1) is 16.0. The number of nitrogens with one attached hydrogen (secondary N) is 2. The van der Waals surface area contributed by atoms with Crippen molar-refractivity contribution >= 4 is 34.0 Å². The molecule has 3 heterocycles. The van der Waals surface area contributed by atoms with Crippen LogP contribution in [0.3, 0.4) is 0 Å². The fourth-order valence-corrected chi connectivity index (χ4v) is 4.41. The number of carbonyl (C=O) groups excluding carboxylic acids is 1. The zero-order chi connectivity index (χ0) is 23.6. The second kappa shape index (κ2) is 12.5. The maximum absolute atomic E-state index is 12.1. The summed E-state index contributed by atoms with van der Waals surface area (Å²) < 4.78 is 5.49. The highest BCUT2D eigenvalue weighted by Gasteiger charge is 2.17. The number of nitrogens with zero attached hydrogens (tertiary/aromatic N) is 4. The number of ether oxygens (including phenoxy) is 1. The van der Waals surface area contributed by atoms with E-state index in [1.54, 1.807) is 30.2 Å². The smallest absolute Gasteiger partial charge is 0.298 e. The Morgan fingerprint density at radius 3 is 2.76 bits per heavy atom.